The van der Waals surface area contributed by atoms with Crippen LogP contribution in [-0.2, 0) is 4.79 Å². The number of nitrogens with zero attached hydrogens (tertiary/aromatic N) is 1. The molecule has 0 bridgehead atoms. The van der Waals surface area contributed by atoms with E-state index < -0.39 is 0 Å². The van der Waals surface area contributed by atoms with E-state index in [9.17, 15) is 4.79 Å². The molecule has 1 aliphatic rings. The summed E-state index contributed by atoms with van der Waals surface area (Å²) in [5.41, 5.74) is 7.77. The summed E-state index contributed by atoms with van der Waals surface area (Å²) in [6.07, 6.45) is 3.58. The van der Waals surface area contributed by atoms with Crippen molar-refractivity contribution in [2.24, 2.45) is 5.73 Å². The second kappa shape index (κ2) is 5.32. The molecule has 1 fully saturated rings. The van der Waals surface area contributed by atoms with Gasteiger partial charge in [0.05, 0.1) is 0 Å². The van der Waals surface area contributed by atoms with Crippen LogP contribution in [0, 0.1) is 6.92 Å². The van der Waals surface area contributed by atoms with Crippen molar-refractivity contribution < 1.29 is 4.79 Å². The third-order valence-electron chi connectivity index (χ3n) is 3.38. The lowest BCUT2D eigenvalue weighted by Crippen LogP contribution is -2.40. The highest BCUT2D eigenvalue weighted by molar-refractivity contribution is 5.81. The van der Waals surface area contributed by atoms with Gasteiger partial charge >= 0.3 is 0 Å². The highest BCUT2D eigenvalue weighted by Gasteiger charge is 2.26. The molecule has 0 aliphatic carbocycles. The van der Waals surface area contributed by atoms with E-state index in [2.05, 4.69) is 11.0 Å². The fourth-order valence-electron chi connectivity index (χ4n) is 2.57. The molecular weight excluding hydrogens is 212 g/mol. The number of piperidine rings is 1. The number of carbonyl (C=O) groups is 1. The van der Waals surface area contributed by atoms with Gasteiger partial charge in [-0.25, -0.2) is 0 Å². The number of benzene rings is 1. The summed E-state index contributed by atoms with van der Waals surface area (Å²) in [4.78, 5) is 13.9. The number of amides is 1. The lowest BCUT2D eigenvalue weighted by molar-refractivity contribution is -0.123. The minimum absolute atomic E-state index is 0.238. The average Bonchev–Trinajstić information content (AvgIpc) is 2.30. The van der Waals surface area contributed by atoms with Crippen LogP contribution in [-0.4, -0.2) is 23.9 Å². The number of rotatable bonds is 3. The van der Waals surface area contributed by atoms with Gasteiger partial charge in [0.25, 0.3) is 0 Å². The second-order valence-electron chi connectivity index (χ2n) is 4.82. The summed E-state index contributed by atoms with van der Waals surface area (Å²) in [6, 6.07) is 7.83. The van der Waals surface area contributed by atoms with Gasteiger partial charge in [0, 0.05) is 0 Å². The van der Waals surface area contributed by atoms with Crippen molar-refractivity contribution in [2.75, 3.05) is 13.1 Å². The molecule has 1 atom stereocenters. The molecule has 0 saturated carbocycles. The van der Waals surface area contributed by atoms with Gasteiger partial charge in [-0.2, -0.15) is 0 Å². The number of nitrogens with two attached hydrogens (primary N) is 1. The maximum atomic E-state index is 11.7. The first-order valence-corrected chi connectivity index (χ1v) is 6.28. The molecule has 1 aromatic rings. The minimum Gasteiger partial charge on any atom is -0.368 e. The van der Waals surface area contributed by atoms with Gasteiger partial charge in [-0.1, -0.05) is 36.2 Å². The van der Waals surface area contributed by atoms with E-state index in [1.54, 1.807) is 0 Å². The maximum absolute atomic E-state index is 11.7. The highest BCUT2D eigenvalue weighted by Crippen LogP contribution is 2.24. The molecule has 3 nitrogen and oxygen atoms in total. The Kier molecular flexibility index (Phi) is 3.79. The van der Waals surface area contributed by atoms with Gasteiger partial charge in [0.1, 0.15) is 6.04 Å². The third-order valence-corrected chi connectivity index (χ3v) is 3.38. The van der Waals surface area contributed by atoms with Crippen LogP contribution in [0.4, 0.5) is 0 Å². The molecule has 1 saturated heterocycles. The van der Waals surface area contributed by atoms with Crippen molar-refractivity contribution in [2.45, 2.75) is 32.2 Å². The first-order chi connectivity index (χ1) is 8.18. The summed E-state index contributed by atoms with van der Waals surface area (Å²) in [6.45, 7) is 3.99. The minimum atomic E-state index is -0.254. The average molecular weight is 232 g/mol. The molecule has 1 aliphatic heterocycles. The number of likely N-dealkylation sites (tertiary alicyclic amines) is 1. The van der Waals surface area contributed by atoms with Crippen molar-refractivity contribution in [1.82, 2.24) is 4.90 Å². The Hall–Kier alpha value is -1.35. The Bertz CT molecular complexity index is 397. The number of aryl methyl sites for hydroxylation is 1. The standard InChI is InChI=1S/C14H20N2O/c1-11-6-5-7-12(10-11)13(14(15)17)16-8-3-2-4-9-16/h5-7,10,13H,2-4,8-9H2,1H3,(H2,15,17). The van der Waals surface area contributed by atoms with Crippen molar-refractivity contribution >= 4 is 5.91 Å². The summed E-state index contributed by atoms with van der Waals surface area (Å²) >= 11 is 0. The van der Waals surface area contributed by atoms with E-state index in [1.807, 2.05) is 25.1 Å². The zero-order valence-corrected chi connectivity index (χ0v) is 10.4. The number of carbonyl (C=O) groups excluding carboxylic acids is 1. The van der Waals surface area contributed by atoms with E-state index >= 15 is 0 Å². The molecule has 92 valence electrons. The smallest absolute Gasteiger partial charge is 0.239 e. The Morgan fingerprint density at radius 3 is 2.59 bits per heavy atom. The van der Waals surface area contributed by atoms with Crippen LogP contribution in [0.25, 0.3) is 0 Å². The molecule has 2 rings (SSSR count). The molecule has 2 N–H and O–H groups in total. The lowest BCUT2D eigenvalue weighted by Gasteiger charge is -2.33. The number of primary amides is 1. The molecule has 1 aromatic carbocycles. The Labute approximate surface area is 103 Å². The summed E-state index contributed by atoms with van der Waals surface area (Å²) in [5.74, 6) is -0.238. The maximum Gasteiger partial charge on any atom is 0.239 e. The Morgan fingerprint density at radius 1 is 1.29 bits per heavy atom. The van der Waals surface area contributed by atoms with E-state index in [-0.39, 0.29) is 11.9 Å². The SMILES string of the molecule is Cc1cccc(C(C(N)=O)N2CCCCC2)c1. The molecule has 3 heteroatoms. The van der Waals surface area contributed by atoms with Gasteiger partial charge in [-0.3, -0.25) is 9.69 Å². The second-order valence-corrected chi connectivity index (χ2v) is 4.82. The van der Waals surface area contributed by atoms with Crippen molar-refractivity contribution in [1.29, 1.82) is 0 Å². The Balaban J connectivity index is 2.25. The van der Waals surface area contributed by atoms with Crippen LogP contribution in [0.2, 0.25) is 0 Å². The van der Waals surface area contributed by atoms with Gasteiger partial charge in [-0.05, 0) is 38.4 Å². The summed E-state index contributed by atoms with van der Waals surface area (Å²) in [5, 5.41) is 0. The van der Waals surface area contributed by atoms with E-state index in [4.69, 9.17) is 5.73 Å². The van der Waals surface area contributed by atoms with E-state index in [0.29, 0.717) is 0 Å². The van der Waals surface area contributed by atoms with E-state index in [1.165, 1.54) is 12.0 Å². The topological polar surface area (TPSA) is 46.3 Å². The van der Waals surface area contributed by atoms with Crippen LogP contribution >= 0.6 is 0 Å². The first-order valence-electron chi connectivity index (χ1n) is 6.28. The predicted octanol–water partition coefficient (Wildman–Crippen LogP) is 2.01. The van der Waals surface area contributed by atoms with Crippen LogP contribution in [0.3, 0.4) is 0 Å². The Morgan fingerprint density at radius 2 is 2.00 bits per heavy atom. The molecule has 1 amide bonds. The van der Waals surface area contributed by atoms with Crippen LogP contribution in [0.1, 0.15) is 36.4 Å². The third kappa shape index (κ3) is 2.86. The number of hydrogen-bond acceptors (Lipinski definition) is 2. The monoisotopic (exact) mass is 232 g/mol. The summed E-state index contributed by atoms with van der Waals surface area (Å²) in [7, 11) is 0. The fraction of sp³-hybridized carbons (Fsp3) is 0.500. The van der Waals surface area contributed by atoms with Crippen LogP contribution in [0.15, 0.2) is 24.3 Å². The molecule has 0 aromatic heterocycles. The van der Waals surface area contributed by atoms with E-state index in [0.717, 1.165) is 31.5 Å². The summed E-state index contributed by atoms with van der Waals surface area (Å²) < 4.78 is 0. The highest BCUT2D eigenvalue weighted by atomic mass is 16.1. The molecular formula is C14H20N2O. The normalized spacial score (nSPS) is 18.9. The molecule has 1 unspecified atom stereocenters. The van der Waals surface area contributed by atoms with Gasteiger partial charge < -0.3 is 5.73 Å². The number of hydrogen-bond donors (Lipinski definition) is 1. The zero-order chi connectivity index (χ0) is 12.3. The van der Waals surface area contributed by atoms with Gasteiger partial charge in [-0.15, -0.1) is 0 Å². The first kappa shape index (κ1) is 12.1. The zero-order valence-electron chi connectivity index (χ0n) is 10.4. The quantitative estimate of drug-likeness (QED) is 0.866. The lowest BCUT2D eigenvalue weighted by atomic mass is 10.00. The molecule has 1 heterocycles. The molecule has 17 heavy (non-hydrogen) atoms. The van der Waals surface area contributed by atoms with Crippen LogP contribution in [0.5, 0.6) is 0 Å². The van der Waals surface area contributed by atoms with Gasteiger partial charge in [0.2, 0.25) is 5.91 Å². The fourth-order valence-corrected chi connectivity index (χ4v) is 2.57. The predicted molar refractivity (Wildman–Crippen MR) is 68.5 cm³/mol. The molecule has 0 radical (unpaired) electrons. The van der Waals surface area contributed by atoms with Crippen LogP contribution < -0.4 is 5.73 Å². The largest absolute Gasteiger partial charge is 0.368 e. The van der Waals surface area contributed by atoms with Crippen molar-refractivity contribution in [3.05, 3.63) is 35.4 Å². The van der Waals surface area contributed by atoms with Crippen molar-refractivity contribution in [3.8, 4) is 0 Å². The molecule has 0 spiro atoms. The van der Waals surface area contributed by atoms with Crippen molar-refractivity contribution in [3.63, 3.8) is 0 Å². The van der Waals surface area contributed by atoms with Gasteiger partial charge in [0.15, 0.2) is 0 Å².